The molecule has 0 fully saturated rings. The van der Waals surface area contributed by atoms with Crippen LogP contribution in [-0.4, -0.2) is 22.7 Å². The smallest absolute Gasteiger partial charge is 0.217 e. The molecule has 1 aromatic heterocycles. The van der Waals surface area contributed by atoms with Crippen LogP contribution in [0.25, 0.3) is 0 Å². The summed E-state index contributed by atoms with van der Waals surface area (Å²) in [5.41, 5.74) is 0.610. The van der Waals surface area contributed by atoms with Crippen molar-refractivity contribution in [2.75, 3.05) is 7.11 Å². The van der Waals surface area contributed by atoms with Crippen molar-refractivity contribution in [1.82, 2.24) is 9.78 Å². The summed E-state index contributed by atoms with van der Waals surface area (Å²) in [4.78, 5) is 12.6. The first-order chi connectivity index (χ1) is 9.10. The zero-order valence-corrected chi connectivity index (χ0v) is 12.0. The molecule has 19 heavy (non-hydrogen) atoms. The zero-order chi connectivity index (χ0) is 14.0. The Morgan fingerprint density at radius 3 is 2.53 bits per heavy atom. The van der Waals surface area contributed by atoms with Crippen LogP contribution in [0.2, 0.25) is 10.0 Å². The second kappa shape index (κ2) is 5.63. The van der Waals surface area contributed by atoms with E-state index in [1.54, 1.807) is 22.9 Å². The maximum atomic E-state index is 12.6. The van der Waals surface area contributed by atoms with Gasteiger partial charge in [0.15, 0.2) is 11.4 Å². The van der Waals surface area contributed by atoms with Crippen molar-refractivity contribution in [3.63, 3.8) is 0 Å². The van der Waals surface area contributed by atoms with Gasteiger partial charge in [0, 0.05) is 6.54 Å². The largest absolute Gasteiger partial charge is 0.493 e. The maximum absolute atomic E-state index is 12.6. The van der Waals surface area contributed by atoms with E-state index < -0.39 is 0 Å². The molecule has 0 radical (unpaired) electrons. The Morgan fingerprint density at radius 2 is 2.00 bits per heavy atom. The predicted octanol–water partition coefficient (Wildman–Crippen LogP) is 3.45. The van der Waals surface area contributed by atoms with Crippen LogP contribution >= 0.6 is 23.2 Å². The minimum absolute atomic E-state index is 0.263. The molecule has 0 spiro atoms. The van der Waals surface area contributed by atoms with Crippen LogP contribution in [-0.2, 0) is 6.54 Å². The Hall–Kier alpha value is -1.52. The topological polar surface area (TPSA) is 44.1 Å². The first kappa shape index (κ1) is 13.9. The Kier molecular flexibility index (Phi) is 4.12. The lowest BCUT2D eigenvalue weighted by Crippen LogP contribution is -2.12. The third-order valence-electron chi connectivity index (χ3n) is 2.73. The molecule has 1 heterocycles. The Labute approximate surface area is 120 Å². The van der Waals surface area contributed by atoms with E-state index in [4.69, 9.17) is 27.9 Å². The standard InChI is InChI=1S/C13H12Cl2N2O2/c1-3-17-12(10(19-2)7-16-17)13(18)11-8(14)5-4-6-9(11)15/h4-7H,3H2,1-2H3. The molecular formula is C13H12Cl2N2O2. The van der Waals surface area contributed by atoms with E-state index in [-0.39, 0.29) is 11.3 Å². The molecule has 0 bridgehead atoms. The number of hydrogen-bond acceptors (Lipinski definition) is 3. The van der Waals surface area contributed by atoms with Crippen LogP contribution in [0.5, 0.6) is 5.75 Å². The molecule has 6 heteroatoms. The molecule has 100 valence electrons. The van der Waals surface area contributed by atoms with E-state index in [9.17, 15) is 4.79 Å². The lowest BCUT2D eigenvalue weighted by atomic mass is 10.1. The Morgan fingerprint density at radius 1 is 1.37 bits per heavy atom. The number of nitrogens with zero attached hydrogens (tertiary/aromatic N) is 2. The molecular weight excluding hydrogens is 287 g/mol. The maximum Gasteiger partial charge on any atom is 0.217 e. The van der Waals surface area contributed by atoms with Gasteiger partial charge in [-0.05, 0) is 19.1 Å². The first-order valence-electron chi connectivity index (χ1n) is 5.68. The lowest BCUT2D eigenvalue weighted by molar-refractivity contribution is 0.102. The van der Waals surface area contributed by atoms with Gasteiger partial charge in [-0.25, -0.2) is 0 Å². The molecule has 0 saturated carbocycles. The summed E-state index contributed by atoms with van der Waals surface area (Å²) < 4.78 is 6.72. The highest BCUT2D eigenvalue weighted by molar-refractivity contribution is 6.41. The molecule has 0 aliphatic rings. The summed E-state index contributed by atoms with van der Waals surface area (Å²) in [6.07, 6.45) is 1.50. The minimum atomic E-state index is -0.299. The van der Waals surface area contributed by atoms with Crippen LogP contribution in [0.3, 0.4) is 0 Å². The second-order valence-electron chi connectivity index (χ2n) is 3.80. The van der Waals surface area contributed by atoms with Crippen molar-refractivity contribution in [2.24, 2.45) is 0 Å². The van der Waals surface area contributed by atoms with Gasteiger partial charge in [0.2, 0.25) is 5.78 Å². The number of methoxy groups -OCH3 is 1. The number of ether oxygens (including phenoxy) is 1. The van der Waals surface area contributed by atoms with Gasteiger partial charge in [-0.2, -0.15) is 5.10 Å². The zero-order valence-electron chi connectivity index (χ0n) is 10.5. The molecule has 4 nitrogen and oxygen atoms in total. The summed E-state index contributed by atoms with van der Waals surface area (Å²) in [6, 6.07) is 4.94. The summed E-state index contributed by atoms with van der Waals surface area (Å²) in [5.74, 6) is 0.106. The fraction of sp³-hybridized carbons (Fsp3) is 0.231. The van der Waals surface area contributed by atoms with Crippen molar-refractivity contribution >= 4 is 29.0 Å². The average Bonchev–Trinajstić information content (AvgIpc) is 2.81. The third-order valence-corrected chi connectivity index (χ3v) is 3.36. The quantitative estimate of drug-likeness (QED) is 0.812. The van der Waals surface area contributed by atoms with Crippen LogP contribution in [0.1, 0.15) is 23.0 Å². The van der Waals surface area contributed by atoms with Crippen LogP contribution < -0.4 is 4.74 Å². The van der Waals surface area contributed by atoms with Gasteiger partial charge in [0.25, 0.3) is 0 Å². The number of rotatable bonds is 4. The average molecular weight is 299 g/mol. The summed E-state index contributed by atoms with van der Waals surface area (Å²) >= 11 is 12.1. The van der Waals surface area contributed by atoms with Crippen molar-refractivity contribution in [3.8, 4) is 5.75 Å². The van der Waals surface area contributed by atoms with Crippen LogP contribution in [0.15, 0.2) is 24.4 Å². The van der Waals surface area contributed by atoms with Crippen LogP contribution in [0.4, 0.5) is 0 Å². The van der Waals surface area contributed by atoms with E-state index in [0.29, 0.717) is 28.0 Å². The van der Waals surface area contributed by atoms with E-state index in [1.807, 2.05) is 6.92 Å². The molecule has 0 aliphatic carbocycles. The number of aryl methyl sites for hydroxylation is 1. The Balaban J connectivity index is 2.59. The van der Waals surface area contributed by atoms with Gasteiger partial charge in [0.05, 0.1) is 28.9 Å². The fourth-order valence-electron chi connectivity index (χ4n) is 1.82. The highest BCUT2D eigenvalue weighted by Gasteiger charge is 2.24. The summed E-state index contributed by atoms with van der Waals surface area (Å²) in [7, 11) is 1.49. The first-order valence-corrected chi connectivity index (χ1v) is 6.44. The predicted molar refractivity (Wildman–Crippen MR) is 74.3 cm³/mol. The number of ketones is 1. The van der Waals surface area contributed by atoms with E-state index in [2.05, 4.69) is 5.10 Å². The van der Waals surface area contributed by atoms with Gasteiger partial charge >= 0.3 is 0 Å². The summed E-state index contributed by atoms with van der Waals surface area (Å²) in [6.45, 7) is 2.43. The van der Waals surface area contributed by atoms with Gasteiger partial charge in [-0.3, -0.25) is 9.48 Å². The highest BCUT2D eigenvalue weighted by atomic mass is 35.5. The number of hydrogen-bond donors (Lipinski definition) is 0. The molecule has 0 aliphatic heterocycles. The Bertz CT molecular complexity index is 581. The number of carbonyl (C=O) groups excluding carboxylic acids is 1. The minimum Gasteiger partial charge on any atom is -0.493 e. The molecule has 0 saturated heterocycles. The molecule has 2 aromatic rings. The molecule has 1 aromatic carbocycles. The van der Waals surface area contributed by atoms with E-state index in [1.165, 1.54) is 13.3 Å². The normalized spacial score (nSPS) is 10.5. The summed E-state index contributed by atoms with van der Waals surface area (Å²) in [5, 5.41) is 4.71. The number of halogens is 2. The molecule has 0 unspecified atom stereocenters. The highest BCUT2D eigenvalue weighted by Crippen LogP contribution is 2.29. The van der Waals surface area contributed by atoms with Crippen molar-refractivity contribution < 1.29 is 9.53 Å². The van der Waals surface area contributed by atoms with Crippen LogP contribution in [0, 0.1) is 0 Å². The van der Waals surface area contributed by atoms with Gasteiger partial charge in [0.1, 0.15) is 0 Å². The SMILES string of the molecule is CCn1ncc(OC)c1C(=O)c1c(Cl)cccc1Cl. The van der Waals surface area contributed by atoms with Gasteiger partial charge in [-0.1, -0.05) is 29.3 Å². The molecule has 0 N–H and O–H groups in total. The lowest BCUT2D eigenvalue weighted by Gasteiger charge is -2.09. The molecule has 0 amide bonds. The van der Waals surface area contributed by atoms with Gasteiger partial charge in [-0.15, -0.1) is 0 Å². The van der Waals surface area contributed by atoms with Gasteiger partial charge < -0.3 is 4.74 Å². The number of carbonyl (C=O) groups is 1. The van der Waals surface area contributed by atoms with Crippen molar-refractivity contribution in [3.05, 3.63) is 45.7 Å². The third kappa shape index (κ3) is 2.46. The monoisotopic (exact) mass is 298 g/mol. The number of aromatic nitrogens is 2. The number of benzene rings is 1. The molecule has 2 rings (SSSR count). The second-order valence-corrected chi connectivity index (χ2v) is 4.62. The fourth-order valence-corrected chi connectivity index (χ4v) is 2.39. The molecule has 0 atom stereocenters. The van der Waals surface area contributed by atoms with Crippen molar-refractivity contribution in [1.29, 1.82) is 0 Å². The van der Waals surface area contributed by atoms with E-state index in [0.717, 1.165) is 0 Å². The van der Waals surface area contributed by atoms with E-state index >= 15 is 0 Å². The van der Waals surface area contributed by atoms with Crippen molar-refractivity contribution in [2.45, 2.75) is 13.5 Å².